The first-order valence-corrected chi connectivity index (χ1v) is 9.82. The zero-order chi connectivity index (χ0) is 16.4. The Morgan fingerprint density at radius 3 is 2.65 bits per heavy atom. The predicted octanol–water partition coefficient (Wildman–Crippen LogP) is 3.94. The second-order valence-corrected chi connectivity index (χ2v) is 8.30. The van der Waals surface area contributed by atoms with Crippen molar-refractivity contribution in [1.82, 2.24) is 4.57 Å². The number of halogens is 1. The Hall–Kier alpha value is -1.70. The molecule has 0 unspecified atom stereocenters. The number of aromatic nitrogens is 1. The number of allylic oxidation sites excluding steroid dienone is 1. The van der Waals surface area contributed by atoms with Gasteiger partial charge in [0.1, 0.15) is 0 Å². The van der Waals surface area contributed by atoms with Gasteiger partial charge in [0.05, 0.1) is 15.1 Å². The summed E-state index contributed by atoms with van der Waals surface area (Å²) < 4.78 is 32.8. The Morgan fingerprint density at radius 1 is 1.22 bits per heavy atom. The Balaban J connectivity index is 2.26. The van der Waals surface area contributed by atoms with Crippen LogP contribution in [0.15, 0.2) is 75.0 Å². The van der Waals surface area contributed by atoms with E-state index in [1.54, 1.807) is 36.4 Å². The van der Waals surface area contributed by atoms with E-state index in [4.69, 9.17) is 0 Å². The van der Waals surface area contributed by atoms with Gasteiger partial charge in [0, 0.05) is 11.0 Å². The molecule has 2 aromatic carbocycles. The number of hydrogen-bond acceptors (Lipinski definition) is 3. The van der Waals surface area contributed by atoms with Crippen LogP contribution in [0.5, 0.6) is 0 Å². The van der Waals surface area contributed by atoms with Crippen molar-refractivity contribution in [3.63, 3.8) is 0 Å². The number of thiazole rings is 1. The molecule has 3 aromatic rings. The number of sulfonamides is 1. The van der Waals surface area contributed by atoms with Crippen molar-refractivity contribution in [1.29, 1.82) is 0 Å². The van der Waals surface area contributed by atoms with E-state index in [0.29, 0.717) is 11.3 Å². The zero-order valence-electron chi connectivity index (χ0n) is 12.0. The molecule has 1 heterocycles. The lowest BCUT2D eigenvalue weighted by Gasteiger charge is -2.01. The first-order chi connectivity index (χ1) is 11.0. The number of hydrogen-bond donors (Lipinski definition) is 0. The van der Waals surface area contributed by atoms with Gasteiger partial charge in [-0.15, -0.1) is 11.0 Å². The van der Waals surface area contributed by atoms with Crippen molar-refractivity contribution in [2.45, 2.75) is 11.4 Å². The molecule has 0 saturated heterocycles. The van der Waals surface area contributed by atoms with Crippen molar-refractivity contribution in [2.75, 3.05) is 0 Å². The van der Waals surface area contributed by atoms with Crippen LogP contribution in [-0.2, 0) is 16.6 Å². The summed E-state index contributed by atoms with van der Waals surface area (Å²) in [6, 6.07) is 14.0. The summed E-state index contributed by atoms with van der Waals surface area (Å²) in [5.41, 5.74) is 0.931. The maximum absolute atomic E-state index is 12.5. The molecule has 0 aliphatic rings. The molecule has 4 nitrogen and oxygen atoms in total. The smallest absolute Gasteiger partial charge is 0.285 e. The summed E-state index contributed by atoms with van der Waals surface area (Å²) >= 11 is 4.77. The third-order valence-corrected chi connectivity index (χ3v) is 6.13. The molecule has 0 radical (unpaired) electrons. The molecule has 0 atom stereocenters. The Kier molecular flexibility index (Phi) is 4.52. The van der Waals surface area contributed by atoms with Gasteiger partial charge in [0.2, 0.25) is 4.80 Å². The van der Waals surface area contributed by atoms with E-state index in [0.717, 1.165) is 14.7 Å². The normalized spacial score (nSPS) is 12.7. The van der Waals surface area contributed by atoms with E-state index in [1.807, 2.05) is 22.8 Å². The summed E-state index contributed by atoms with van der Waals surface area (Å²) in [5.74, 6) is 0. The van der Waals surface area contributed by atoms with Gasteiger partial charge in [-0.1, -0.05) is 51.5 Å². The van der Waals surface area contributed by atoms with Crippen molar-refractivity contribution >= 4 is 47.5 Å². The second kappa shape index (κ2) is 6.43. The first kappa shape index (κ1) is 16.2. The minimum Gasteiger partial charge on any atom is -0.312 e. The van der Waals surface area contributed by atoms with Crippen molar-refractivity contribution in [3.05, 3.63) is 70.5 Å². The van der Waals surface area contributed by atoms with Gasteiger partial charge in [-0.05, 0) is 30.3 Å². The summed E-state index contributed by atoms with van der Waals surface area (Å²) in [4.78, 5) is 0.616. The highest BCUT2D eigenvalue weighted by atomic mass is 79.9. The molecule has 118 valence electrons. The third kappa shape index (κ3) is 3.31. The van der Waals surface area contributed by atoms with E-state index in [-0.39, 0.29) is 4.90 Å². The monoisotopic (exact) mass is 408 g/mol. The van der Waals surface area contributed by atoms with E-state index >= 15 is 0 Å². The fourth-order valence-electron chi connectivity index (χ4n) is 2.17. The number of fused-ring (bicyclic) bond motifs is 1. The number of nitrogens with zero attached hydrogens (tertiary/aromatic N) is 2. The predicted molar refractivity (Wildman–Crippen MR) is 96.9 cm³/mol. The van der Waals surface area contributed by atoms with Crippen LogP contribution in [0, 0.1) is 0 Å². The summed E-state index contributed by atoms with van der Waals surface area (Å²) in [6.07, 6.45) is 1.72. The lowest BCUT2D eigenvalue weighted by Crippen LogP contribution is -2.16. The molecule has 3 rings (SSSR count). The lowest BCUT2D eigenvalue weighted by atomic mass is 10.3. The summed E-state index contributed by atoms with van der Waals surface area (Å²) in [7, 11) is -3.74. The topological polar surface area (TPSA) is 51.4 Å². The maximum Gasteiger partial charge on any atom is 0.285 e. The minimum atomic E-state index is -3.74. The Morgan fingerprint density at radius 2 is 1.96 bits per heavy atom. The molecule has 0 spiro atoms. The van der Waals surface area contributed by atoms with Crippen molar-refractivity contribution < 1.29 is 8.42 Å². The molecular formula is C16H13BrN2O2S2. The van der Waals surface area contributed by atoms with Gasteiger partial charge in [-0.2, -0.15) is 8.42 Å². The highest BCUT2D eigenvalue weighted by Gasteiger charge is 2.14. The number of rotatable bonds is 4. The Bertz CT molecular complexity index is 1030. The zero-order valence-corrected chi connectivity index (χ0v) is 15.2. The van der Waals surface area contributed by atoms with Crippen LogP contribution in [-0.4, -0.2) is 13.0 Å². The molecular weight excluding hydrogens is 396 g/mol. The van der Waals surface area contributed by atoms with Crippen LogP contribution >= 0.6 is 27.3 Å². The van der Waals surface area contributed by atoms with Gasteiger partial charge in [0.25, 0.3) is 10.0 Å². The summed E-state index contributed by atoms with van der Waals surface area (Å²) in [5, 5.41) is 0. The molecule has 7 heteroatoms. The average molecular weight is 409 g/mol. The van der Waals surface area contributed by atoms with Gasteiger partial charge in [-0.25, -0.2) is 0 Å². The van der Waals surface area contributed by atoms with Gasteiger partial charge in [-0.3, -0.25) is 0 Å². The highest BCUT2D eigenvalue weighted by molar-refractivity contribution is 9.10. The Labute approximate surface area is 146 Å². The van der Waals surface area contributed by atoms with Crippen LogP contribution in [0.1, 0.15) is 0 Å². The van der Waals surface area contributed by atoms with Crippen LogP contribution < -0.4 is 4.80 Å². The molecule has 0 aliphatic heterocycles. The lowest BCUT2D eigenvalue weighted by molar-refractivity contribution is 0.596. The highest BCUT2D eigenvalue weighted by Crippen LogP contribution is 2.22. The quantitative estimate of drug-likeness (QED) is 0.613. The fourth-order valence-corrected chi connectivity index (χ4v) is 4.99. The first-order valence-electron chi connectivity index (χ1n) is 6.77. The van der Waals surface area contributed by atoms with E-state index in [2.05, 4.69) is 26.9 Å². The van der Waals surface area contributed by atoms with Crippen LogP contribution in [0.3, 0.4) is 0 Å². The van der Waals surface area contributed by atoms with E-state index < -0.39 is 10.0 Å². The van der Waals surface area contributed by atoms with Gasteiger partial charge >= 0.3 is 0 Å². The van der Waals surface area contributed by atoms with Crippen LogP contribution in [0.2, 0.25) is 0 Å². The molecule has 23 heavy (non-hydrogen) atoms. The number of benzene rings is 2. The van der Waals surface area contributed by atoms with Crippen molar-refractivity contribution in [2.24, 2.45) is 4.40 Å². The largest absolute Gasteiger partial charge is 0.312 e. The van der Waals surface area contributed by atoms with Crippen LogP contribution in [0.4, 0.5) is 0 Å². The summed E-state index contributed by atoms with van der Waals surface area (Å²) in [6.45, 7) is 4.23. The fraction of sp³-hybridized carbons (Fsp3) is 0.0625. The molecule has 1 aromatic heterocycles. The molecule has 0 bridgehead atoms. The molecule has 0 saturated carbocycles. The van der Waals surface area contributed by atoms with Crippen molar-refractivity contribution in [3.8, 4) is 0 Å². The maximum atomic E-state index is 12.5. The van der Waals surface area contributed by atoms with E-state index in [1.165, 1.54) is 11.3 Å². The molecule has 0 fully saturated rings. The van der Waals surface area contributed by atoms with Gasteiger partial charge < -0.3 is 4.57 Å². The van der Waals surface area contributed by atoms with E-state index in [9.17, 15) is 8.42 Å². The molecule has 0 amide bonds. The minimum absolute atomic E-state index is 0.184. The SMILES string of the molecule is C=CCn1/c(=N/S(=O)(=O)c2ccccc2)sc2cc(Br)ccc21. The molecule has 0 aliphatic carbocycles. The van der Waals surface area contributed by atoms with Gasteiger partial charge in [0.15, 0.2) is 0 Å². The second-order valence-electron chi connectivity index (χ2n) is 4.78. The standard InChI is InChI=1S/C16H13BrN2O2S2/c1-2-10-19-14-9-8-12(17)11-15(14)22-16(19)18-23(20,21)13-6-4-3-5-7-13/h2-9,11H,1,10H2/b18-16-. The third-order valence-electron chi connectivity index (χ3n) is 3.20. The molecule has 0 N–H and O–H groups in total. The average Bonchev–Trinajstić information content (AvgIpc) is 2.84. The van der Waals surface area contributed by atoms with Crippen LogP contribution in [0.25, 0.3) is 10.2 Å².